The van der Waals surface area contributed by atoms with Gasteiger partial charge in [0.15, 0.2) is 0 Å². The molecule has 0 fully saturated rings. The number of carbonyl (C=O) groups excluding carboxylic acids is 1. The van der Waals surface area contributed by atoms with E-state index < -0.39 is 0 Å². The lowest BCUT2D eigenvalue weighted by Gasteiger charge is -2.27. The summed E-state index contributed by atoms with van der Waals surface area (Å²) in [5, 5.41) is 3.40. The molecule has 0 bridgehead atoms. The minimum absolute atomic E-state index is 0.0684. The van der Waals surface area contributed by atoms with E-state index in [0.29, 0.717) is 13.2 Å². The normalized spacial score (nSPS) is 13.7. The minimum Gasteiger partial charge on any atom is -0.466 e. The quantitative estimate of drug-likeness (QED) is 0.662. The minimum atomic E-state index is -0.114. The molecule has 0 heterocycles. The average Bonchev–Trinajstić information content (AvgIpc) is 2.14. The molecule has 0 radical (unpaired) electrons. The molecule has 0 aromatic carbocycles. The van der Waals surface area contributed by atoms with Gasteiger partial charge in [-0.15, -0.1) is 0 Å². The van der Waals surface area contributed by atoms with Crippen LogP contribution in [0.25, 0.3) is 0 Å². The molecule has 0 rings (SSSR count). The van der Waals surface area contributed by atoms with E-state index in [1.807, 2.05) is 13.8 Å². The van der Waals surface area contributed by atoms with Crippen molar-refractivity contribution in [1.29, 1.82) is 0 Å². The summed E-state index contributed by atoms with van der Waals surface area (Å²) in [6, 6.07) is 0. The molecule has 0 aromatic rings. The van der Waals surface area contributed by atoms with E-state index in [9.17, 15) is 4.79 Å². The van der Waals surface area contributed by atoms with E-state index in [-0.39, 0.29) is 17.4 Å². The highest BCUT2D eigenvalue weighted by Gasteiger charge is 2.20. The molecule has 15 heavy (non-hydrogen) atoms. The van der Waals surface area contributed by atoms with Crippen molar-refractivity contribution in [2.24, 2.45) is 5.92 Å². The van der Waals surface area contributed by atoms with Crippen LogP contribution in [0, 0.1) is 5.92 Å². The third kappa shape index (κ3) is 6.50. The second-order valence-corrected chi connectivity index (χ2v) is 4.67. The average molecular weight is 215 g/mol. The van der Waals surface area contributed by atoms with Gasteiger partial charge in [-0.3, -0.25) is 4.79 Å². The van der Waals surface area contributed by atoms with E-state index in [1.165, 1.54) is 0 Å². The lowest BCUT2D eigenvalue weighted by molar-refractivity contribution is -0.147. The van der Waals surface area contributed by atoms with Gasteiger partial charge in [0.1, 0.15) is 0 Å². The second-order valence-electron chi connectivity index (χ2n) is 4.67. The van der Waals surface area contributed by atoms with E-state index >= 15 is 0 Å². The molecule has 1 atom stereocenters. The maximum absolute atomic E-state index is 11.4. The predicted octanol–water partition coefficient (Wildman–Crippen LogP) is 2.35. The van der Waals surface area contributed by atoms with Crippen molar-refractivity contribution in [3.63, 3.8) is 0 Å². The fourth-order valence-electron chi connectivity index (χ4n) is 1.51. The Morgan fingerprint density at radius 3 is 2.47 bits per heavy atom. The lowest BCUT2D eigenvalue weighted by Crippen LogP contribution is -2.42. The van der Waals surface area contributed by atoms with Crippen LogP contribution in [0.2, 0.25) is 0 Å². The summed E-state index contributed by atoms with van der Waals surface area (Å²) >= 11 is 0. The van der Waals surface area contributed by atoms with Gasteiger partial charge in [0.2, 0.25) is 0 Å². The Kier molecular flexibility index (Phi) is 6.57. The van der Waals surface area contributed by atoms with Crippen LogP contribution in [0.15, 0.2) is 0 Å². The van der Waals surface area contributed by atoms with Crippen molar-refractivity contribution in [1.82, 2.24) is 5.32 Å². The molecule has 90 valence electrons. The topological polar surface area (TPSA) is 38.3 Å². The molecule has 0 saturated heterocycles. The van der Waals surface area contributed by atoms with Crippen LogP contribution in [0.3, 0.4) is 0 Å². The van der Waals surface area contributed by atoms with Gasteiger partial charge >= 0.3 is 5.97 Å². The highest BCUT2D eigenvalue weighted by Crippen LogP contribution is 2.11. The number of rotatable bonds is 7. The summed E-state index contributed by atoms with van der Waals surface area (Å²) in [5.74, 6) is -0.182. The van der Waals surface area contributed by atoms with Crippen molar-refractivity contribution < 1.29 is 9.53 Å². The predicted molar refractivity (Wildman–Crippen MR) is 62.8 cm³/mol. The molecule has 3 heteroatoms. The molecule has 0 saturated carbocycles. The Morgan fingerprint density at radius 1 is 1.40 bits per heavy atom. The zero-order chi connectivity index (χ0) is 11.9. The first-order valence-corrected chi connectivity index (χ1v) is 5.84. The Balaban J connectivity index is 3.88. The molecule has 0 spiro atoms. The fraction of sp³-hybridized carbons (Fsp3) is 0.917. The zero-order valence-electron chi connectivity index (χ0n) is 10.7. The number of hydrogen-bond acceptors (Lipinski definition) is 3. The summed E-state index contributed by atoms with van der Waals surface area (Å²) in [7, 11) is 0. The lowest BCUT2D eigenvalue weighted by atomic mass is 9.98. The largest absolute Gasteiger partial charge is 0.466 e. The summed E-state index contributed by atoms with van der Waals surface area (Å²) in [6.45, 7) is 11.4. The molecule has 0 aliphatic rings. The standard InChI is InChI=1S/C12H25NO2/c1-6-8-12(4,5)13-9-10(3)11(14)15-7-2/h10,13H,6-9H2,1-5H3. The van der Waals surface area contributed by atoms with Crippen LogP contribution in [0.5, 0.6) is 0 Å². The van der Waals surface area contributed by atoms with Crippen molar-refractivity contribution >= 4 is 5.97 Å². The summed E-state index contributed by atoms with van der Waals surface area (Å²) in [6.07, 6.45) is 2.26. The van der Waals surface area contributed by atoms with Gasteiger partial charge in [-0.2, -0.15) is 0 Å². The number of esters is 1. The van der Waals surface area contributed by atoms with Crippen molar-refractivity contribution in [3.8, 4) is 0 Å². The molecular formula is C12H25NO2. The molecular weight excluding hydrogens is 190 g/mol. The monoisotopic (exact) mass is 215 g/mol. The maximum atomic E-state index is 11.4. The van der Waals surface area contributed by atoms with Gasteiger partial charge in [-0.25, -0.2) is 0 Å². The first kappa shape index (κ1) is 14.4. The molecule has 0 aliphatic heterocycles. The first-order chi connectivity index (χ1) is 6.93. The van der Waals surface area contributed by atoms with Gasteiger partial charge in [0, 0.05) is 12.1 Å². The zero-order valence-corrected chi connectivity index (χ0v) is 10.7. The Bertz CT molecular complexity index is 190. The maximum Gasteiger partial charge on any atom is 0.309 e. The third-order valence-electron chi connectivity index (χ3n) is 2.45. The van der Waals surface area contributed by atoms with Gasteiger partial charge in [-0.05, 0) is 27.2 Å². The van der Waals surface area contributed by atoms with Gasteiger partial charge in [0.25, 0.3) is 0 Å². The van der Waals surface area contributed by atoms with Gasteiger partial charge < -0.3 is 10.1 Å². The Morgan fingerprint density at radius 2 is 2.00 bits per heavy atom. The van der Waals surface area contributed by atoms with Crippen LogP contribution in [0.1, 0.15) is 47.5 Å². The third-order valence-corrected chi connectivity index (χ3v) is 2.45. The molecule has 0 amide bonds. The smallest absolute Gasteiger partial charge is 0.309 e. The van der Waals surface area contributed by atoms with Crippen molar-refractivity contribution in [2.75, 3.05) is 13.2 Å². The first-order valence-electron chi connectivity index (χ1n) is 5.84. The SMILES string of the molecule is CCCC(C)(C)NCC(C)C(=O)OCC. The van der Waals surface area contributed by atoms with Crippen LogP contribution >= 0.6 is 0 Å². The summed E-state index contributed by atoms with van der Waals surface area (Å²) < 4.78 is 4.95. The van der Waals surface area contributed by atoms with Crippen molar-refractivity contribution in [2.45, 2.75) is 53.0 Å². The number of carbonyl (C=O) groups is 1. The van der Waals surface area contributed by atoms with Crippen LogP contribution in [-0.2, 0) is 9.53 Å². The molecule has 0 aromatic heterocycles. The van der Waals surface area contributed by atoms with Crippen molar-refractivity contribution in [3.05, 3.63) is 0 Å². The fourth-order valence-corrected chi connectivity index (χ4v) is 1.51. The summed E-state index contributed by atoms with van der Waals surface area (Å²) in [4.78, 5) is 11.4. The molecule has 1 N–H and O–H groups in total. The van der Waals surface area contributed by atoms with E-state index in [4.69, 9.17) is 4.74 Å². The van der Waals surface area contributed by atoms with E-state index in [2.05, 4.69) is 26.1 Å². The Hall–Kier alpha value is -0.570. The number of nitrogens with one attached hydrogen (secondary N) is 1. The van der Waals surface area contributed by atoms with Crippen LogP contribution in [-0.4, -0.2) is 24.7 Å². The van der Waals surface area contributed by atoms with Gasteiger partial charge in [0.05, 0.1) is 12.5 Å². The number of hydrogen-bond donors (Lipinski definition) is 1. The van der Waals surface area contributed by atoms with E-state index in [0.717, 1.165) is 12.8 Å². The Labute approximate surface area is 93.6 Å². The van der Waals surface area contributed by atoms with Crippen LogP contribution < -0.4 is 5.32 Å². The second kappa shape index (κ2) is 6.83. The van der Waals surface area contributed by atoms with E-state index in [1.54, 1.807) is 0 Å². The molecule has 0 aliphatic carbocycles. The molecule has 3 nitrogen and oxygen atoms in total. The van der Waals surface area contributed by atoms with Gasteiger partial charge in [-0.1, -0.05) is 20.3 Å². The number of ether oxygens (including phenoxy) is 1. The molecule has 1 unspecified atom stereocenters. The summed E-state index contributed by atoms with van der Waals surface area (Å²) in [5.41, 5.74) is 0.107. The highest BCUT2D eigenvalue weighted by molar-refractivity contribution is 5.72. The van der Waals surface area contributed by atoms with Crippen LogP contribution in [0.4, 0.5) is 0 Å². The highest BCUT2D eigenvalue weighted by atomic mass is 16.5.